The van der Waals surface area contributed by atoms with E-state index < -0.39 is 6.09 Å². The Kier molecular flexibility index (Phi) is 6.23. The van der Waals surface area contributed by atoms with Gasteiger partial charge in [0.1, 0.15) is 0 Å². The van der Waals surface area contributed by atoms with Crippen molar-refractivity contribution < 1.29 is 9.90 Å². The van der Waals surface area contributed by atoms with Gasteiger partial charge < -0.3 is 14.9 Å². The summed E-state index contributed by atoms with van der Waals surface area (Å²) in [5, 5.41) is 9.60. The molecule has 156 valence electrons. The summed E-state index contributed by atoms with van der Waals surface area (Å²) in [6.07, 6.45) is 1.79. The second-order valence-corrected chi connectivity index (χ2v) is 9.82. The fourth-order valence-electron chi connectivity index (χ4n) is 4.63. The molecule has 0 saturated carbocycles. The lowest BCUT2D eigenvalue weighted by atomic mass is 9.84. The van der Waals surface area contributed by atoms with E-state index in [0.717, 1.165) is 19.6 Å². The first kappa shape index (κ1) is 21.0. The quantitative estimate of drug-likeness (QED) is 0.819. The Morgan fingerprint density at radius 1 is 1.14 bits per heavy atom. The van der Waals surface area contributed by atoms with Crippen LogP contribution in [-0.2, 0) is 6.54 Å². The first-order valence-corrected chi connectivity index (χ1v) is 10.8. The van der Waals surface area contributed by atoms with Gasteiger partial charge in [0, 0.05) is 45.0 Å². The van der Waals surface area contributed by atoms with Gasteiger partial charge in [0.15, 0.2) is 0 Å². The van der Waals surface area contributed by atoms with Gasteiger partial charge in [-0.3, -0.25) is 4.90 Å². The largest absolute Gasteiger partial charge is 0.465 e. The lowest BCUT2D eigenvalue weighted by Crippen LogP contribution is -2.59. The average Bonchev–Trinajstić information content (AvgIpc) is 3.15. The number of amides is 1. The number of hydrogen-bond acceptors (Lipinski definition) is 3. The first-order chi connectivity index (χ1) is 13.2. The van der Waals surface area contributed by atoms with Gasteiger partial charge in [0.25, 0.3) is 0 Å². The van der Waals surface area contributed by atoms with Gasteiger partial charge >= 0.3 is 6.09 Å². The fraction of sp³-hybridized carbons (Fsp3) is 0.696. The van der Waals surface area contributed by atoms with Crippen molar-refractivity contribution in [3.63, 3.8) is 0 Å². The summed E-state index contributed by atoms with van der Waals surface area (Å²) in [7, 11) is 0. The molecule has 0 radical (unpaired) electrons. The maximum Gasteiger partial charge on any atom is 0.407 e. The number of benzene rings is 1. The van der Waals surface area contributed by atoms with Crippen LogP contribution in [0, 0.1) is 5.41 Å². The molecule has 0 aromatic heterocycles. The molecule has 1 aromatic carbocycles. The Morgan fingerprint density at radius 3 is 2.39 bits per heavy atom. The van der Waals surface area contributed by atoms with Gasteiger partial charge in [-0.25, -0.2) is 4.79 Å². The zero-order valence-corrected chi connectivity index (χ0v) is 18.2. The van der Waals surface area contributed by atoms with Crippen molar-refractivity contribution in [1.82, 2.24) is 9.80 Å². The van der Waals surface area contributed by atoms with Gasteiger partial charge in [-0.1, -0.05) is 40.7 Å². The zero-order chi connectivity index (χ0) is 20.5. The van der Waals surface area contributed by atoms with E-state index in [9.17, 15) is 9.90 Å². The fourth-order valence-corrected chi connectivity index (χ4v) is 4.63. The van der Waals surface area contributed by atoms with E-state index in [-0.39, 0.29) is 11.5 Å². The van der Waals surface area contributed by atoms with E-state index in [1.54, 1.807) is 4.90 Å². The molecule has 5 nitrogen and oxygen atoms in total. The van der Waals surface area contributed by atoms with Crippen LogP contribution in [0.15, 0.2) is 18.2 Å². The van der Waals surface area contributed by atoms with Gasteiger partial charge in [0.2, 0.25) is 0 Å². The molecule has 2 heterocycles. The molecular formula is C23H37N3O2. The van der Waals surface area contributed by atoms with Crippen molar-refractivity contribution >= 4 is 11.8 Å². The van der Waals surface area contributed by atoms with Crippen LogP contribution in [0.25, 0.3) is 0 Å². The SMILES string of the molecule is CC(C)c1cc(N2CCCC2)ccc1CN1CCN(C(=O)O)C(C(C)(C)C)C1. The summed E-state index contributed by atoms with van der Waals surface area (Å²) in [6, 6.07) is 6.99. The highest BCUT2D eigenvalue weighted by Crippen LogP contribution is 2.31. The monoisotopic (exact) mass is 387 g/mol. The number of hydrogen-bond donors (Lipinski definition) is 1. The Balaban J connectivity index is 1.78. The molecule has 2 aliphatic rings. The summed E-state index contributed by atoms with van der Waals surface area (Å²) in [4.78, 5) is 18.3. The van der Waals surface area contributed by atoms with Crippen molar-refractivity contribution in [2.45, 2.75) is 66.0 Å². The number of anilines is 1. The maximum absolute atomic E-state index is 11.7. The minimum atomic E-state index is -0.794. The Hall–Kier alpha value is -1.75. The predicted octanol–water partition coefficient (Wildman–Crippen LogP) is 4.62. The summed E-state index contributed by atoms with van der Waals surface area (Å²) in [6.45, 7) is 16.4. The van der Waals surface area contributed by atoms with Gasteiger partial charge in [-0.15, -0.1) is 0 Å². The molecule has 2 saturated heterocycles. The highest BCUT2D eigenvalue weighted by molar-refractivity contribution is 5.65. The summed E-state index contributed by atoms with van der Waals surface area (Å²) >= 11 is 0. The molecule has 2 fully saturated rings. The third kappa shape index (κ3) is 4.62. The normalized spacial score (nSPS) is 21.6. The molecule has 0 bridgehead atoms. The number of carbonyl (C=O) groups is 1. The topological polar surface area (TPSA) is 47.0 Å². The van der Waals surface area contributed by atoms with Gasteiger partial charge in [0.05, 0.1) is 6.04 Å². The molecule has 0 aliphatic carbocycles. The van der Waals surface area contributed by atoms with Crippen molar-refractivity contribution in [2.75, 3.05) is 37.6 Å². The van der Waals surface area contributed by atoms with Crippen molar-refractivity contribution in [2.24, 2.45) is 5.41 Å². The molecule has 1 atom stereocenters. The molecule has 1 unspecified atom stereocenters. The van der Waals surface area contributed by atoms with E-state index in [0.29, 0.717) is 12.5 Å². The van der Waals surface area contributed by atoms with E-state index >= 15 is 0 Å². The molecule has 0 spiro atoms. The van der Waals surface area contributed by atoms with Crippen LogP contribution in [0.4, 0.5) is 10.5 Å². The second kappa shape index (κ2) is 8.32. The summed E-state index contributed by atoms with van der Waals surface area (Å²) in [5.74, 6) is 0.483. The van der Waals surface area contributed by atoms with Crippen LogP contribution in [0.1, 0.15) is 64.5 Å². The van der Waals surface area contributed by atoms with Crippen LogP contribution in [0.2, 0.25) is 0 Å². The van der Waals surface area contributed by atoms with Crippen LogP contribution >= 0.6 is 0 Å². The van der Waals surface area contributed by atoms with Gasteiger partial charge in [-0.05, 0) is 47.4 Å². The minimum Gasteiger partial charge on any atom is -0.465 e. The van der Waals surface area contributed by atoms with Crippen LogP contribution in [-0.4, -0.2) is 59.8 Å². The van der Waals surface area contributed by atoms with E-state index in [2.05, 4.69) is 62.6 Å². The number of carboxylic acid groups (broad SMARTS) is 1. The number of nitrogens with zero attached hydrogens (tertiary/aromatic N) is 3. The average molecular weight is 388 g/mol. The van der Waals surface area contributed by atoms with E-state index in [1.165, 1.54) is 42.7 Å². The molecule has 5 heteroatoms. The highest BCUT2D eigenvalue weighted by atomic mass is 16.4. The third-order valence-corrected chi connectivity index (χ3v) is 6.33. The Bertz CT molecular complexity index is 690. The molecule has 2 aliphatic heterocycles. The van der Waals surface area contributed by atoms with Crippen LogP contribution < -0.4 is 4.90 Å². The van der Waals surface area contributed by atoms with Crippen molar-refractivity contribution in [1.29, 1.82) is 0 Å². The molecule has 1 N–H and O–H groups in total. The zero-order valence-electron chi connectivity index (χ0n) is 18.2. The van der Waals surface area contributed by atoms with E-state index in [4.69, 9.17) is 0 Å². The first-order valence-electron chi connectivity index (χ1n) is 10.8. The summed E-state index contributed by atoms with van der Waals surface area (Å²) < 4.78 is 0. The van der Waals surface area contributed by atoms with Crippen molar-refractivity contribution in [3.8, 4) is 0 Å². The number of piperazine rings is 1. The van der Waals surface area contributed by atoms with Gasteiger partial charge in [-0.2, -0.15) is 0 Å². The molecule has 1 amide bonds. The maximum atomic E-state index is 11.7. The van der Waals surface area contributed by atoms with Crippen LogP contribution in [0.3, 0.4) is 0 Å². The Morgan fingerprint density at radius 2 is 1.82 bits per heavy atom. The molecule has 3 rings (SSSR count). The van der Waals surface area contributed by atoms with E-state index in [1.807, 2.05) is 0 Å². The highest BCUT2D eigenvalue weighted by Gasteiger charge is 2.38. The second-order valence-electron chi connectivity index (χ2n) is 9.82. The minimum absolute atomic E-state index is 0.0186. The molecule has 28 heavy (non-hydrogen) atoms. The smallest absolute Gasteiger partial charge is 0.407 e. The standard InChI is InChI=1S/C23H37N3O2/c1-17(2)20-14-19(25-10-6-7-11-25)9-8-18(20)15-24-12-13-26(22(27)28)21(16-24)23(3,4)5/h8-9,14,17,21H,6-7,10-13,15-16H2,1-5H3,(H,27,28). The lowest BCUT2D eigenvalue weighted by Gasteiger charge is -2.46. The molecule has 1 aromatic rings. The Labute approximate surface area is 170 Å². The van der Waals surface area contributed by atoms with Crippen LogP contribution in [0.5, 0.6) is 0 Å². The predicted molar refractivity (Wildman–Crippen MR) is 115 cm³/mol. The number of rotatable bonds is 4. The molecular weight excluding hydrogens is 350 g/mol. The van der Waals surface area contributed by atoms with Crippen molar-refractivity contribution in [3.05, 3.63) is 29.3 Å². The lowest BCUT2D eigenvalue weighted by molar-refractivity contribution is 0.0189. The summed E-state index contributed by atoms with van der Waals surface area (Å²) in [5.41, 5.74) is 4.09. The third-order valence-electron chi connectivity index (χ3n) is 6.33.